The van der Waals surface area contributed by atoms with Crippen LogP contribution in [-0.2, 0) is 22.6 Å². The van der Waals surface area contributed by atoms with Crippen molar-refractivity contribution in [2.24, 2.45) is 5.10 Å². The van der Waals surface area contributed by atoms with Gasteiger partial charge in [-0.25, -0.2) is 4.98 Å². The molecule has 31 heavy (non-hydrogen) atoms. The summed E-state index contributed by atoms with van der Waals surface area (Å²) >= 11 is 1.35. The molecule has 0 fully saturated rings. The Kier molecular flexibility index (Phi) is 7.83. The van der Waals surface area contributed by atoms with Crippen LogP contribution in [0.4, 0.5) is 5.13 Å². The molecule has 0 bridgehead atoms. The molecule has 2 aromatic carbocycles. The van der Waals surface area contributed by atoms with Gasteiger partial charge in [-0.05, 0) is 17.7 Å². The second kappa shape index (κ2) is 11.0. The van der Waals surface area contributed by atoms with E-state index in [1.54, 1.807) is 37.9 Å². The van der Waals surface area contributed by atoms with Crippen molar-refractivity contribution in [2.75, 3.05) is 26.8 Å². The molecule has 0 saturated carbocycles. The fraction of sp³-hybridized carbons (Fsp3) is 0.227. The van der Waals surface area contributed by atoms with Gasteiger partial charge in [0.15, 0.2) is 11.5 Å². The fourth-order valence-corrected chi connectivity index (χ4v) is 3.33. The van der Waals surface area contributed by atoms with E-state index in [1.165, 1.54) is 18.4 Å². The zero-order valence-corrected chi connectivity index (χ0v) is 18.3. The maximum atomic E-state index is 11.3. The van der Waals surface area contributed by atoms with E-state index >= 15 is 0 Å². The number of hydrogen-bond acceptors (Lipinski definition) is 9. The van der Waals surface area contributed by atoms with Gasteiger partial charge in [0.05, 0.1) is 39.7 Å². The van der Waals surface area contributed by atoms with Crippen molar-refractivity contribution in [1.82, 2.24) is 4.98 Å². The van der Waals surface area contributed by atoms with E-state index in [-0.39, 0.29) is 12.4 Å². The van der Waals surface area contributed by atoms with Crippen molar-refractivity contribution < 1.29 is 23.7 Å². The number of ether oxygens (including phenoxy) is 4. The molecule has 162 valence electrons. The first-order valence-corrected chi connectivity index (χ1v) is 10.2. The van der Waals surface area contributed by atoms with Crippen molar-refractivity contribution in [2.45, 2.75) is 13.0 Å². The van der Waals surface area contributed by atoms with Crippen molar-refractivity contribution >= 4 is 28.7 Å². The Hall–Kier alpha value is -3.59. The van der Waals surface area contributed by atoms with Crippen LogP contribution in [0.2, 0.25) is 0 Å². The predicted molar refractivity (Wildman–Crippen MR) is 119 cm³/mol. The number of hydrazone groups is 1. The molecular formula is C22H23N3O5S. The maximum absolute atomic E-state index is 11.3. The zero-order valence-electron chi connectivity index (χ0n) is 17.5. The summed E-state index contributed by atoms with van der Waals surface area (Å²) in [6.07, 6.45) is 1.74. The van der Waals surface area contributed by atoms with Crippen LogP contribution in [0.15, 0.2) is 52.9 Å². The number of rotatable bonds is 10. The van der Waals surface area contributed by atoms with Crippen LogP contribution in [0.5, 0.6) is 17.2 Å². The number of hydrogen-bond donors (Lipinski definition) is 1. The number of methoxy groups -OCH3 is 3. The van der Waals surface area contributed by atoms with Crippen molar-refractivity contribution in [1.29, 1.82) is 0 Å². The summed E-state index contributed by atoms with van der Waals surface area (Å²) in [6, 6.07) is 13.5. The summed E-state index contributed by atoms with van der Waals surface area (Å²) in [5.41, 5.74) is 5.26. The Balaban J connectivity index is 1.69. The molecule has 3 rings (SSSR count). The van der Waals surface area contributed by atoms with Gasteiger partial charge in [-0.1, -0.05) is 30.3 Å². The molecule has 1 aromatic heterocycles. The Morgan fingerprint density at radius 1 is 1.13 bits per heavy atom. The summed E-state index contributed by atoms with van der Waals surface area (Å²) in [7, 11) is 4.49. The number of carbonyl (C=O) groups is 1. The normalized spacial score (nSPS) is 10.7. The van der Waals surface area contributed by atoms with Crippen molar-refractivity contribution in [3.05, 3.63) is 64.7 Å². The molecule has 3 aromatic rings. The minimum absolute atomic E-state index is 0.122. The van der Waals surface area contributed by atoms with Gasteiger partial charge in [-0.3, -0.25) is 10.2 Å². The highest BCUT2D eigenvalue weighted by atomic mass is 32.1. The van der Waals surface area contributed by atoms with E-state index in [2.05, 4.69) is 20.2 Å². The first-order valence-electron chi connectivity index (χ1n) is 9.36. The standard InChI is InChI=1S/C22H23N3O5S/c1-27-18-9-16(12-23-25-22-24-17(14-31-22)11-20(26)29-3)10-19(28-2)21(18)30-13-15-7-5-4-6-8-15/h4-10,12,14H,11,13H2,1-3H3,(H,24,25)/b23-12-. The van der Waals surface area contributed by atoms with Crippen molar-refractivity contribution in [3.8, 4) is 17.2 Å². The third kappa shape index (κ3) is 6.19. The monoisotopic (exact) mass is 441 g/mol. The van der Waals surface area contributed by atoms with Crippen LogP contribution in [0.25, 0.3) is 0 Å². The molecule has 0 aliphatic rings. The SMILES string of the molecule is COC(=O)Cc1csc(N/N=C\c2cc(OC)c(OCc3ccccc3)c(OC)c2)n1. The van der Waals surface area contributed by atoms with Crippen LogP contribution in [-0.4, -0.2) is 38.5 Å². The van der Waals surface area contributed by atoms with E-state index in [0.717, 1.165) is 11.1 Å². The molecule has 1 heterocycles. The Labute approximate surface area is 184 Å². The average Bonchev–Trinajstić information content (AvgIpc) is 3.25. The zero-order chi connectivity index (χ0) is 22.1. The summed E-state index contributed by atoms with van der Waals surface area (Å²) < 4.78 is 21.6. The van der Waals surface area contributed by atoms with Crippen LogP contribution in [0, 0.1) is 0 Å². The van der Waals surface area contributed by atoms with Gasteiger partial charge < -0.3 is 18.9 Å². The van der Waals surface area contributed by atoms with E-state index in [9.17, 15) is 4.79 Å². The van der Waals surface area contributed by atoms with Gasteiger partial charge in [-0.2, -0.15) is 5.10 Å². The van der Waals surface area contributed by atoms with E-state index in [4.69, 9.17) is 14.2 Å². The molecule has 0 aliphatic heterocycles. The number of nitrogens with one attached hydrogen (secondary N) is 1. The first kappa shape index (κ1) is 22.1. The largest absolute Gasteiger partial charge is 0.493 e. The van der Waals surface area contributed by atoms with Crippen LogP contribution < -0.4 is 19.6 Å². The molecule has 8 nitrogen and oxygen atoms in total. The molecule has 0 unspecified atom stereocenters. The maximum Gasteiger partial charge on any atom is 0.311 e. The first-order chi connectivity index (χ1) is 15.1. The number of carbonyl (C=O) groups excluding carboxylic acids is 1. The molecule has 0 atom stereocenters. The van der Waals surface area contributed by atoms with Crippen LogP contribution >= 0.6 is 11.3 Å². The summed E-state index contributed by atoms with van der Waals surface area (Å²) in [5.74, 6) is 1.25. The number of esters is 1. The van der Waals surface area contributed by atoms with E-state index in [1.807, 2.05) is 30.3 Å². The van der Waals surface area contributed by atoms with Gasteiger partial charge in [0, 0.05) is 10.9 Å². The highest BCUT2D eigenvalue weighted by molar-refractivity contribution is 7.13. The number of benzene rings is 2. The topological polar surface area (TPSA) is 91.3 Å². The molecule has 0 radical (unpaired) electrons. The van der Waals surface area contributed by atoms with Crippen LogP contribution in [0.1, 0.15) is 16.8 Å². The third-order valence-electron chi connectivity index (χ3n) is 4.19. The minimum Gasteiger partial charge on any atom is -0.493 e. The van der Waals surface area contributed by atoms with Crippen molar-refractivity contribution in [3.63, 3.8) is 0 Å². The number of anilines is 1. The molecule has 0 saturated heterocycles. The molecule has 1 N–H and O–H groups in total. The molecule has 9 heteroatoms. The summed E-state index contributed by atoms with van der Waals surface area (Å²) in [5, 5.41) is 6.55. The van der Waals surface area contributed by atoms with Crippen LogP contribution in [0.3, 0.4) is 0 Å². The second-order valence-electron chi connectivity index (χ2n) is 6.30. The van der Waals surface area contributed by atoms with E-state index in [0.29, 0.717) is 34.7 Å². The highest BCUT2D eigenvalue weighted by Crippen LogP contribution is 2.38. The third-order valence-corrected chi connectivity index (χ3v) is 4.98. The molecule has 0 aliphatic carbocycles. The number of nitrogens with zero attached hydrogens (tertiary/aromatic N) is 2. The lowest BCUT2D eigenvalue weighted by molar-refractivity contribution is -0.139. The lowest BCUT2D eigenvalue weighted by Gasteiger charge is -2.15. The van der Waals surface area contributed by atoms with Gasteiger partial charge in [0.2, 0.25) is 10.9 Å². The molecule has 0 amide bonds. The average molecular weight is 442 g/mol. The van der Waals surface area contributed by atoms with Gasteiger partial charge in [0.25, 0.3) is 0 Å². The lowest BCUT2D eigenvalue weighted by Crippen LogP contribution is -2.04. The number of aromatic nitrogens is 1. The Bertz CT molecular complexity index is 1010. The van der Waals surface area contributed by atoms with Gasteiger partial charge in [-0.15, -0.1) is 11.3 Å². The second-order valence-corrected chi connectivity index (χ2v) is 7.15. The Morgan fingerprint density at radius 3 is 2.48 bits per heavy atom. The quantitative estimate of drug-likeness (QED) is 0.290. The molecular weight excluding hydrogens is 418 g/mol. The summed E-state index contributed by atoms with van der Waals surface area (Å²) in [6.45, 7) is 0.389. The van der Waals surface area contributed by atoms with E-state index < -0.39 is 0 Å². The molecule has 0 spiro atoms. The Morgan fingerprint density at radius 2 is 1.84 bits per heavy atom. The lowest BCUT2D eigenvalue weighted by atomic mass is 10.2. The van der Waals surface area contributed by atoms with Gasteiger partial charge >= 0.3 is 5.97 Å². The highest BCUT2D eigenvalue weighted by Gasteiger charge is 2.14. The van der Waals surface area contributed by atoms with Gasteiger partial charge in [0.1, 0.15) is 6.61 Å². The fourth-order valence-electron chi connectivity index (χ4n) is 2.67. The smallest absolute Gasteiger partial charge is 0.311 e. The summed E-state index contributed by atoms with van der Waals surface area (Å²) in [4.78, 5) is 15.6. The predicted octanol–water partition coefficient (Wildman–Crippen LogP) is 3.90. The number of thiazole rings is 1. The minimum atomic E-state index is -0.339.